The number of aliphatic hydroxyl groups is 1. The molecule has 0 aliphatic carbocycles. The van der Waals surface area contributed by atoms with Gasteiger partial charge in [0, 0.05) is 43.1 Å². The van der Waals surface area contributed by atoms with Crippen molar-refractivity contribution in [1.82, 2.24) is 24.7 Å². The van der Waals surface area contributed by atoms with E-state index in [-0.39, 0.29) is 12.1 Å². The van der Waals surface area contributed by atoms with Gasteiger partial charge in [0.2, 0.25) is 0 Å². The van der Waals surface area contributed by atoms with Gasteiger partial charge in [0.15, 0.2) is 5.65 Å². The number of nitrogens with one attached hydrogen (secondary N) is 1. The number of nitrogens with zero attached hydrogens (tertiary/aromatic N) is 4. The Morgan fingerprint density at radius 3 is 2.59 bits per heavy atom. The number of carboxylic acid groups (broad SMARTS) is 1. The number of hydrogen-bond acceptors (Lipinski definition) is 6. The number of aliphatic hydroxyl groups excluding tert-OH is 1. The summed E-state index contributed by atoms with van der Waals surface area (Å²) in [7, 11) is 0. The second kappa shape index (κ2) is 10.1. The summed E-state index contributed by atoms with van der Waals surface area (Å²) in [5, 5.41) is 21.4. The van der Waals surface area contributed by atoms with Gasteiger partial charge in [-0.1, -0.05) is 18.2 Å². The zero-order chi connectivity index (χ0) is 26.8. The van der Waals surface area contributed by atoms with E-state index in [9.17, 15) is 28.2 Å². The smallest absolute Gasteiger partial charge is 0.416 e. The van der Waals surface area contributed by atoms with Crippen molar-refractivity contribution in [1.29, 1.82) is 0 Å². The number of carboxylic acids is 1. The lowest BCUT2D eigenvalue weighted by Crippen LogP contribution is -2.52. The van der Waals surface area contributed by atoms with Crippen LogP contribution in [0.25, 0.3) is 29.1 Å². The van der Waals surface area contributed by atoms with E-state index in [1.54, 1.807) is 43.3 Å². The van der Waals surface area contributed by atoms with Gasteiger partial charge in [-0.2, -0.15) is 13.2 Å². The Balaban J connectivity index is 1.67. The van der Waals surface area contributed by atoms with Crippen LogP contribution in [0.2, 0.25) is 0 Å². The van der Waals surface area contributed by atoms with E-state index in [1.807, 2.05) is 11.3 Å². The predicted octanol–water partition coefficient (Wildman–Crippen LogP) is 4.21. The maximum absolute atomic E-state index is 13.7. The van der Waals surface area contributed by atoms with Gasteiger partial charge in [0.05, 0.1) is 24.1 Å². The first kappa shape index (κ1) is 26.0. The first-order chi connectivity index (χ1) is 17.5. The van der Waals surface area contributed by atoms with Crippen LogP contribution in [0.15, 0.2) is 55.4 Å². The van der Waals surface area contributed by atoms with Crippen molar-refractivity contribution in [2.75, 3.05) is 6.61 Å². The molecule has 0 saturated heterocycles. The number of imidazole rings is 1. The molecule has 0 amide bonds. The third kappa shape index (κ3) is 5.52. The van der Waals surface area contributed by atoms with Crippen molar-refractivity contribution in [2.45, 2.75) is 32.1 Å². The highest BCUT2D eigenvalue weighted by Crippen LogP contribution is 2.34. The number of fused-ring (bicyclic) bond motifs is 1. The summed E-state index contributed by atoms with van der Waals surface area (Å²) in [5.41, 5.74) is 1.32. The van der Waals surface area contributed by atoms with E-state index in [0.717, 1.165) is 17.2 Å². The van der Waals surface area contributed by atoms with E-state index in [2.05, 4.69) is 20.3 Å². The van der Waals surface area contributed by atoms with Gasteiger partial charge in [0.25, 0.3) is 0 Å². The fraction of sp³-hybridized carbons (Fsp3) is 0.231. The van der Waals surface area contributed by atoms with Gasteiger partial charge in [-0.3, -0.25) is 20.1 Å². The average molecular weight is 512 g/mol. The molecule has 11 heteroatoms. The molecule has 1 atom stereocenters. The van der Waals surface area contributed by atoms with Crippen LogP contribution in [0, 0.1) is 6.92 Å². The third-order valence-corrected chi connectivity index (χ3v) is 6.14. The van der Waals surface area contributed by atoms with Gasteiger partial charge >= 0.3 is 12.1 Å². The standard InChI is InChI=1S/C26H24F3N5O3/c1-16-19(11-30-12-20(16)22-14-34-8-7-31-23(34)13-32-22)5-4-18-9-17(3-6-21(18)26(27,28)29)10-33-25(2,15-35)24(36)37/h3-9,11-14,33,35H,10,15H2,1-2H3,(H,36,37)/b5-4+/t25-/m0/s1. The van der Waals surface area contributed by atoms with Gasteiger partial charge in [-0.05, 0) is 48.2 Å². The maximum atomic E-state index is 13.7. The lowest BCUT2D eigenvalue weighted by Gasteiger charge is -2.24. The minimum atomic E-state index is -4.59. The van der Waals surface area contributed by atoms with Crippen molar-refractivity contribution >= 4 is 23.8 Å². The molecule has 3 aromatic heterocycles. The first-order valence-corrected chi connectivity index (χ1v) is 11.2. The SMILES string of the molecule is Cc1c(/C=C/c2cc(CN[C@@](C)(CO)C(=O)O)ccc2C(F)(F)F)cncc1-c1cn2ccnc2cn1. The molecule has 192 valence electrons. The van der Waals surface area contributed by atoms with E-state index >= 15 is 0 Å². The summed E-state index contributed by atoms with van der Waals surface area (Å²) < 4.78 is 43.0. The topological polar surface area (TPSA) is 113 Å². The molecule has 4 rings (SSSR count). The van der Waals surface area contributed by atoms with Crippen molar-refractivity contribution in [3.63, 3.8) is 0 Å². The normalized spacial score (nSPS) is 13.8. The number of carbonyl (C=O) groups is 1. The summed E-state index contributed by atoms with van der Waals surface area (Å²) in [6.07, 6.45) is 8.38. The largest absolute Gasteiger partial charge is 0.480 e. The number of pyridine rings is 1. The molecule has 3 N–H and O–H groups in total. The first-order valence-electron chi connectivity index (χ1n) is 11.2. The van der Waals surface area contributed by atoms with Gasteiger partial charge in [0.1, 0.15) is 5.54 Å². The lowest BCUT2D eigenvalue weighted by molar-refractivity contribution is -0.146. The van der Waals surface area contributed by atoms with Crippen LogP contribution in [0.1, 0.15) is 34.7 Å². The molecule has 0 bridgehead atoms. The molecule has 0 spiro atoms. The molecule has 8 nitrogen and oxygen atoms in total. The molecule has 3 heterocycles. The molecule has 37 heavy (non-hydrogen) atoms. The van der Waals surface area contributed by atoms with Crippen LogP contribution in [0.5, 0.6) is 0 Å². The Morgan fingerprint density at radius 1 is 1.14 bits per heavy atom. The number of halogens is 3. The highest BCUT2D eigenvalue weighted by atomic mass is 19.4. The minimum Gasteiger partial charge on any atom is -0.480 e. The molecular weight excluding hydrogens is 487 g/mol. The Labute approximate surface area is 210 Å². The van der Waals surface area contributed by atoms with Crippen molar-refractivity contribution < 1.29 is 28.2 Å². The fourth-order valence-corrected chi connectivity index (χ4v) is 3.73. The number of aromatic nitrogens is 4. The van der Waals surface area contributed by atoms with E-state index in [1.165, 1.54) is 25.1 Å². The molecule has 0 radical (unpaired) electrons. The molecule has 0 saturated carbocycles. The molecule has 1 aromatic carbocycles. The Hall–Kier alpha value is -4.09. The summed E-state index contributed by atoms with van der Waals surface area (Å²) in [5.74, 6) is -1.27. The van der Waals surface area contributed by atoms with Gasteiger partial charge in [-0.15, -0.1) is 0 Å². The number of benzene rings is 1. The second-order valence-electron chi connectivity index (χ2n) is 8.77. The monoisotopic (exact) mass is 511 g/mol. The van der Waals surface area contributed by atoms with E-state index in [0.29, 0.717) is 22.5 Å². The molecular formula is C26H24F3N5O3. The van der Waals surface area contributed by atoms with Crippen LogP contribution in [0.3, 0.4) is 0 Å². The van der Waals surface area contributed by atoms with E-state index in [4.69, 9.17) is 0 Å². The molecule has 0 unspecified atom stereocenters. The lowest BCUT2D eigenvalue weighted by atomic mass is 9.99. The molecule has 0 fully saturated rings. The van der Waals surface area contributed by atoms with Crippen LogP contribution < -0.4 is 5.32 Å². The Kier molecular flexibility index (Phi) is 7.10. The summed E-state index contributed by atoms with van der Waals surface area (Å²) in [6, 6.07) is 3.57. The molecule has 4 aromatic rings. The van der Waals surface area contributed by atoms with Crippen LogP contribution in [0.4, 0.5) is 13.2 Å². The fourth-order valence-electron chi connectivity index (χ4n) is 3.73. The molecule has 0 aliphatic rings. The third-order valence-electron chi connectivity index (χ3n) is 6.14. The van der Waals surface area contributed by atoms with Crippen molar-refractivity contribution in [3.05, 3.63) is 83.2 Å². The quantitative estimate of drug-likeness (QED) is 0.325. The predicted molar refractivity (Wildman–Crippen MR) is 131 cm³/mol. The Bertz CT molecular complexity index is 1480. The summed E-state index contributed by atoms with van der Waals surface area (Å²) in [4.78, 5) is 24.2. The van der Waals surface area contributed by atoms with Crippen LogP contribution >= 0.6 is 0 Å². The summed E-state index contributed by atoms with van der Waals surface area (Å²) >= 11 is 0. The highest BCUT2D eigenvalue weighted by Gasteiger charge is 2.34. The zero-order valence-corrected chi connectivity index (χ0v) is 20.0. The average Bonchev–Trinajstić information content (AvgIpc) is 3.34. The molecule has 0 aliphatic heterocycles. The van der Waals surface area contributed by atoms with Gasteiger partial charge < -0.3 is 14.6 Å². The summed E-state index contributed by atoms with van der Waals surface area (Å²) in [6.45, 7) is 2.40. The number of aliphatic carboxylic acids is 1. The second-order valence-corrected chi connectivity index (χ2v) is 8.77. The zero-order valence-electron chi connectivity index (χ0n) is 20.0. The highest BCUT2D eigenvalue weighted by molar-refractivity contribution is 5.78. The number of alkyl halides is 3. The minimum absolute atomic E-state index is 0.0548. The maximum Gasteiger partial charge on any atom is 0.416 e. The van der Waals surface area contributed by atoms with Crippen molar-refractivity contribution in [2.24, 2.45) is 0 Å². The Morgan fingerprint density at radius 2 is 1.89 bits per heavy atom. The number of rotatable bonds is 8. The van der Waals surface area contributed by atoms with Crippen LogP contribution in [-0.2, 0) is 17.5 Å². The van der Waals surface area contributed by atoms with Crippen LogP contribution in [-0.4, -0.2) is 47.7 Å². The number of hydrogen-bond donors (Lipinski definition) is 3. The van der Waals surface area contributed by atoms with E-state index < -0.39 is 29.9 Å². The van der Waals surface area contributed by atoms with Gasteiger partial charge in [-0.25, -0.2) is 4.98 Å². The van der Waals surface area contributed by atoms with Crippen molar-refractivity contribution in [3.8, 4) is 11.3 Å².